The Morgan fingerprint density at radius 2 is 1.57 bits per heavy atom. The lowest BCUT2D eigenvalue weighted by Gasteiger charge is -1.39. The van der Waals surface area contributed by atoms with Gasteiger partial charge in [-0.15, -0.1) is 0 Å². The average molecular weight is 114 g/mol. The van der Waals surface area contributed by atoms with Crippen LogP contribution in [0.4, 0.5) is 0 Å². The predicted octanol–water partition coefficient (Wildman–Crippen LogP) is 0.275. The second kappa shape index (κ2) is 5.72. The quantitative estimate of drug-likeness (QED) is 0.480. The third kappa shape index (κ3) is 3.56. The lowest BCUT2D eigenvalue weighted by Crippen LogP contribution is -1.34. The van der Waals surface area contributed by atoms with Gasteiger partial charge in [0.25, 0.3) is 8.05 Å². The predicted molar refractivity (Wildman–Crippen MR) is 35.1 cm³/mol. The molecule has 0 aliphatic rings. The lowest BCUT2D eigenvalue weighted by molar-refractivity contribution is 0.629. The fraction of sp³-hybridized carbons (Fsp3) is 0. The van der Waals surface area contributed by atoms with E-state index in [0.717, 1.165) is 8.05 Å². The van der Waals surface area contributed by atoms with E-state index in [0.29, 0.717) is 0 Å². The zero-order valence-corrected chi connectivity index (χ0v) is 4.98. The molecule has 1 aromatic rings. The molecule has 0 bridgehead atoms. The molecule has 0 aromatic carbocycles. The topological polar surface area (TPSA) is 20.2 Å². The Labute approximate surface area is 48.1 Å². The Morgan fingerprint density at radius 3 is 1.71 bits per heavy atom. The number of hydrogen-bond acceptors (Lipinski definition) is 2. The molecule has 1 rings (SSSR count). The van der Waals surface area contributed by atoms with Crippen LogP contribution in [0, 0.1) is 0 Å². The first-order valence-corrected chi connectivity index (χ1v) is 2.86. The molecular formula is C4H7BOS. The Balaban J connectivity index is 0.000000162. The van der Waals surface area contributed by atoms with E-state index in [1.165, 1.54) is 0 Å². The lowest BCUT2D eigenvalue weighted by atomic mass is 10.6. The van der Waals surface area contributed by atoms with E-state index in [-0.39, 0.29) is 0 Å². The molecule has 0 saturated carbocycles. The van der Waals surface area contributed by atoms with Crippen molar-refractivity contribution >= 4 is 19.4 Å². The smallest absolute Gasteiger partial charge is 0.252 e. The van der Waals surface area contributed by atoms with Crippen LogP contribution in [0.1, 0.15) is 0 Å². The van der Waals surface area contributed by atoms with Crippen molar-refractivity contribution in [3.8, 4) is 0 Å². The van der Waals surface area contributed by atoms with Crippen molar-refractivity contribution in [3.63, 3.8) is 0 Å². The summed E-state index contributed by atoms with van der Waals surface area (Å²) in [5, 5.41) is 11.1. The van der Waals surface area contributed by atoms with Crippen molar-refractivity contribution in [3.05, 3.63) is 22.9 Å². The van der Waals surface area contributed by atoms with Gasteiger partial charge in [0.1, 0.15) is 0 Å². The summed E-state index contributed by atoms with van der Waals surface area (Å²) in [7, 11) is 1.00. The van der Waals surface area contributed by atoms with Gasteiger partial charge in [-0.1, -0.05) is 12.1 Å². The van der Waals surface area contributed by atoms with Crippen LogP contribution in [0.25, 0.3) is 0 Å². The Bertz CT molecular complexity index is 68.2. The van der Waals surface area contributed by atoms with Gasteiger partial charge in [0.15, 0.2) is 0 Å². The largest absolute Gasteiger partial charge is 0.458 e. The molecule has 1 aromatic heterocycles. The monoisotopic (exact) mass is 114 g/mol. The van der Waals surface area contributed by atoms with E-state index in [1.807, 2.05) is 22.9 Å². The first-order chi connectivity index (χ1) is 3.50. The molecule has 0 amide bonds. The van der Waals surface area contributed by atoms with Crippen molar-refractivity contribution in [1.29, 1.82) is 0 Å². The third-order valence-corrected chi connectivity index (χ3v) is 1.05. The zero-order chi connectivity index (χ0) is 5.54. The molecular weight excluding hydrogens is 107 g/mol. The molecule has 1 N–H and O–H groups in total. The van der Waals surface area contributed by atoms with Crippen LogP contribution in [0.2, 0.25) is 0 Å². The van der Waals surface area contributed by atoms with E-state index < -0.39 is 0 Å². The first-order valence-electron chi connectivity index (χ1n) is 1.92. The summed E-state index contributed by atoms with van der Waals surface area (Å²) in [4.78, 5) is 0. The van der Waals surface area contributed by atoms with Gasteiger partial charge in [0.05, 0.1) is 0 Å². The minimum Gasteiger partial charge on any atom is -0.458 e. The van der Waals surface area contributed by atoms with Crippen molar-refractivity contribution in [2.24, 2.45) is 0 Å². The standard InChI is InChI=1S/C4H4S.BH3O/c1-2-4-5-3-1;1-2/h1-4H;2H,1H2. The van der Waals surface area contributed by atoms with Gasteiger partial charge in [-0.3, -0.25) is 0 Å². The highest BCUT2D eigenvalue weighted by molar-refractivity contribution is 7.07. The minimum atomic E-state index is 1.00. The summed E-state index contributed by atoms with van der Waals surface area (Å²) < 4.78 is 0. The molecule has 0 fully saturated rings. The maximum absolute atomic E-state index is 7.00. The average Bonchev–Trinajstić information content (AvgIpc) is 2.23. The van der Waals surface area contributed by atoms with Crippen molar-refractivity contribution in [2.45, 2.75) is 0 Å². The molecule has 0 atom stereocenters. The summed E-state index contributed by atoms with van der Waals surface area (Å²) in [6.07, 6.45) is 0. The number of thiophene rings is 1. The van der Waals surface area contributed by atoms with E-state index >= 15 is 0 Å². The summed E-state index contributed by atoms with van der Waals surface area (Å²) in [5.41, 5.74) is 0. The van der Waals surface area contributed by atoms with Gasteiger partial charge in [0.2, 0.25) is 0 Å². The zero-order valence-electron chi connectivity index (χ0n) is 4.16. The molecule has 0 aliphatic carbocycles. The normalized spacial score (nSPS) is 6.43. The molecule has 1 heterocycles. The second-order valence-corrected chi connectivity index (χ2v) is 1.61. The molecule has 0 spiro atoms. The highest BCUT2D eigenvalue weighted by atomic mass is 32.1. The number of hydrogen-bond donors (Lipinski definition) is 1. The van der Waals surface area contributed by atoms with Crippen LogP contribution in [0.15, 0.2) is 22.9 Å². The maximum atomic E-state index is 7.00. The van der Waals surface area contributed by atoms with Crippen molar-refractivity contribution in [2.75, 3.05) is 0 Å². The fourth-order valence-electron chi connectivity index (χ4n) is 0.227. The second-order valence-electron chi connectivity index (χ2n) is 0.793. The van der Waals surface area contributed by atoms with Crippen molar-refractivity contribution < 1.29 is 5.02 Å². The van der Waals surface area contributed by atoms with Gasteiger partial charge in [-0.05, 0) is 10.8 Å². The summed E-state index contributed by atoms with van der Waals surface area (Å²) in [6, 6.07) is 4.04. The van der Waals surface area contributed by atoms with E-state index in [4.69, 9.17) is 5.02 Å². The van der Waals surface area contributed by atoms with Crippen LogP contribution >= 0.6 is 11.3 Å². The maximum Gasteiger partial charge on any atom is 0.252 e. The minimum absolute atomic E-state index is 1.00. The third-order valence-electron chi connectivity index (χ3n) is 0.425. The molecule has 1 nitrogen and oxygen atoms in total. The Kier molecular flexibility index (Phi) is 5.50. The first kappa shape index (κ1) is 6.72. The molecule has 38 valence electrons. The highest BCUT2D eigenvalue weighted by Crippen LogP contribution is 1.91. The molecule has 0 aliphatic heterocycles. The van der Waals surface area contributed by atoms with E-state index in [1.54, 1.807) is 11.3 Å². The van der Waals surface area contributed by atoms with Crippen molar-refractivity contribution in [1.82, 2.24) is 0 Å². The Morgan fingerprint density at radius 1 is 1.14 bits per heavy atom. The molecule has 0 saturated heterocycles. The van der Waals surface area contributed by atoms with E-state index in [2.05, 4.69) is 0 Å². The van der Waals surface area contributed by atoms with Crippen LogP contribution in [0.3, 0.4) is 0 Å². The number of rotatable bonds is 0. The van der Waals surface area contributed by atoms with Gasteiger partial charge < -0.3 is 5.02 Å². The van der Waals surface area contributed by atoms with Gasteiger partial charge in [-0.25, -0.2) is 0 Å². The molecule has 7 heavy (non-hydrogen) atoms. The van der Waals surface area contributed by atoms with Crippen LogP contribution in [-0.4, -0.2) is 13.1 Å². The van der Waals surface area contributed by atoms with Gasteiger partial charge in [-0.2, -0.15) is 11.3 Å². The molecule has 0 radical (unpaired) electrons. The summed E-state index contributed by atoms with van der Waals surface area (Å²) in [6.45, 7) is 0. The summed E-state index contributed by atoms with van der Waals surface area (Å²) >= 11 is 1.71. The SMILES string of the molecule is BO.c1ccsc1. The highest BCUT2D eigenvalue weighted by Gasteiger charge is 1.58. The summed E-state index contributed by atoms with van der Waals surface area (Å²) in [5.74, 6) is 0. The Hall–Kier alpha value is -0.275. The molecule has 3 heteroatoms. The van der Waals surface area contributed by atoms with Gasteiger partial charge >= 0.3 is 0 Å². The fourth-order valence-corrected chi connectivity index (χ4v) is 0.680. The van der Waals surface area contributed by atoms with E-state index in [9.17, 15) is 0 Å². The van der Waals surface area contributed by atoms with Gasteiger partial charge in [0, 0.05) is 0 Å². The molecule has 0 unspecified atom stereocenters. The van der Waals surface area contributed by atoms with Crippen LogP contribution < -0.4 is 0 Å². The van der Waals surface area contributed by atoms with Crippen LogP contribution in [-0.2, 0) is 0 Å². The van der Waals surface area contributed by atoms with Crippen LogP contribution in [0.5, 0.6) is 0 Å².